The van der Waals surface area contributed by atoms with Gasteiger partial charge in [-0.1, -0.05) is 20.8 Å². The number of carbonyl (C=O) groups is 3. The molecule has 2 atom stereocenters. The molecule has 6 heteroatoms. The normalized spacial score (nSPS) is 18.3. The molecule has 1 fully saturated rings. The van der Waals surface area contributed by atoms with Gasteiger partial charge in [-0.15, -0.1) is 0 Å². The van der Waals surface area contributed by atoms with Crippen LogP contribution in [0.15, 0.2) is 0 Å². The Labute approximate surface area is 112 Å². The van der Waals surface area contributed by atoms with Crippen molar-refractivity contribution in [3.05, 3.63) is 0 Å². The Balaban J connectivity index is 2.60. The molecule has 0 radical (unpaired) electrons. The van der Waals surface area contributed by atoms with Crippen molar-refractivity contribution in [1.29, 1.82) is 0 Å². The quantitative estimate of drug-likeness (QED) is 0.634. The van der Waals surface area contributed by atoms with Crippen molar-refractivity contribution < 1.29 is 19.5 Å². The van der Waals surface area contributed by atoms with Gasteiger partial charge in [0, 0.05) is 6.04 Å². The summed E-state index contributed by atoms with van der Waals surface area (Å²) in [5.74, 6) is -3.25. The van der Waals surface area contributed by atoms with Crippen LogP contribution in [0.2, 0.25) is 0 Å². The molecule has 1 aliphatic rings. The highest BCUT2D eigenvalue weighted by atomic mass is 16.4. The summed E-state index contributed by atoms with van der Waals surface area (Å²) in [5, 5.41) is 14.4. The molecule has 0 bridgehead atoms. The van der Waals surface area contributed by atoms with Crippen molar-refractivity contribution in [2.45, 2.75) is 52.6 Å². The molecule has 108 valence electrons. The number of nitrogens with one attached hydrogen (secondary N) is 2. The summed E-state index contributed by atoms with van der Waals surface area (Å²) in [6.45, 7) is 6.60. The molecular formula is C13H22N2O4. The van der Waals surface area contributed by atoms with Crippen LogP contribution in [0.3, 0.4) is 0 Å². The smallest absolute Gasteiger partial charge is 0.316 e. The van der Waals surface area contributed by atoms with Gasteiger partial charge in [0.1, 0.15) is 12.0 Å². The number of rotatable bonds is 5. The monoisotopic (exact) mass is 270 g/mol. The Kier molecular flexibility index (Phi) is 4.55. The third-order valence-corrected chi connectivity index (χ3v) is 3.05. The fourth-order valence-corrected chi connectivity index (χ4v) is 1.79. The highest BCUT2D eigenvalue weighted by Gasteiger charge is 2.38. The van der Waals surface area contributed by atoms with Crippen LogP contribution in [0, 0.1) is 11.3 Å². The van der Waals surface area contributed by atoms with Crippen molar-refractivity contribution in [2.75, 3.05) is 0 Å². The van der Waals surface area contributed by atoms with Crippen LogP contribution in [0.5, 0.6) is 0 Å². The lowest BCUT2D eigenvalue weighted by molar-refractivity contribution is -0.152. The molecule has 0 spiro atoms. The predicted octanol–water partition coefficient (Wildman–Crippen LogP) is 0.517. The molecule has 6 nitrogen and oxygen atoms in total. The van der Waals surface area contributed by atoms with Crippen LogP contribution in [-0.2, 0) is 14.4 Å². The fourth-order valence-electron chi connectivity index (χ4n) is 1.79. The highest BCUT2D eigenvalue weighted by molar-refractivity contribution is 5.99. The van der Waals surface area contributed by atoms with Crippen LogP contribution in [0.1, 0.15) is 40.5 Å². The minimum Gasteiger partial charge on any atom is -0.481 e. The zero-order chi connectivity index (χ0) is 14.8. The van der Waals surface area contributed by atoms with Crippen molar-refractivity contribution in [2.24, 2.45) is 11.3 Å². The Bertz CT molecular complexity index is 383. The summed E-state index contributed by atoms with van der Waals surface area (Å²) < 4.78 is 0. The first-order valence-corrected chi connectivity index (χ1v) is 6.46. The first-order chi connectivity index (χ1) is 8.62. The predicted molar refractivity (Wildman–Crippen MR) is 69.4 cm³/mol. The molecule has 1 aliphatic carbocycles. The number of hydrogen-bond donors (Lipinski definition) is 3. The lowest BCUT2D eigenvalue weighted by atomic mass is 9.80. The average Bonchev–Trinajstić information content (AvgIpc) is 2.97. The summed E-state index contributed by atoms with van der Waals surface area (Å²) in [6.07, 6.45) is 1.93. The topological polar surface area (TPSA) is 95.5 Å². The second-order valence-electron chi connectivity index (χ2n) is 6.15. The number of carboxylic acid groups (broad SMARTS) is 1. The highest BCUT2D eigenvalue weighted by Crippen LogP contribution is 2.26. The summed E-state index contributed by atoms with van der Waals surface area (Å²) in [7, 11) is 0. The van der Waals surface area contributed by atoms with E-state index in [0.29, 0.717) is 0 Å². The third kappa shape index (κ3) is 4.54. The number of carbonyl (C=O) groups excluding carboxylic acids is 2. The van der Waals surface area contributed by atoms with Gasteiger partial charge >= 0.3 is 5.97 Å². The average molecular weight is 270 g/mol. The van der Waals surface area contributed by atoms with Gasteiger partial charge in [-0.25, -0.2) is 0 Å². The summed E-state index contributed by atoms with van der Waals surface area (Å²) in [4.78, 5) is 34.8. The van der Waals surface area contributed by atoms with Crippen LogP contribution in [-0.4, -0.2) is 35.0 Å². The standard InChI is InChI=1S/C13H22N2O4/c1-7(10(16)15-8-5-6-8)14-11(17)9(12(18)19)13(2,3)4/h7-9H,5-6H2,1-4H3,(H,14,17)(H,15,16)(H,18,19). The first kappa shape index (κ1) is 15.5. The van der Waals surface area contributed by atoms with Gasteiger partial charge in [0.2, 0.25) is 11.8 Å². The van der Waals surface area contributed by atoms with E-state index < -0.39 is 29.3 Å². The Hall–Kier alpha value is -1.59. The molecule has 2 amide bonds. The van der Waals surface area contributed by atoms with E-state index in [-0.39, 0.29) is 11.9 Å². The van der Waals surface area contributed by atoms with Crippen LogP contribution in [0.25, 0.3) is 0 Å². The molecule has 19 heavy (non-hydrogen) atoms. The summed E-state index contributed by atoms with van der Waals surface area (Å²) in [5.41, 5.74) is -0.706. The molecule has 1 rings (SSSR count). The molecule has 0 aromatic heterocycles. The lowest BCUT2D eigenvalue weighted by Crippen LogP contribution is -2.50. The van der Waals surface area contributed by atoms with E-state index in [1.54, 1.807) is 27.7 Å². The van der Waals surface area contributed by atoms with Gasteiger partial charge in [0.25, 0.3) is 0 Å². The Morgan fingerprint density at radius 1 is 1.16 bits per heavy atom. The zero-order valence-electron chi connectivity index (χ0n) is 11.8. The van der Waals surface area contributed by atoms with Crippen molar-refractivity contribution in [1.82, 2.24) is 10.6 Å². The molecule has 3 N–H and O–H groups in total. The molecule has 0 aromatic carbocycles. The maximum atomic E-state index is 12.0. The van der Waals surface area contributed by atoms with E-state index in [1.807, 2.05) is 0 Å². The van der Waals surface area contributed by atoms with E-state index in [9.17, 15) is 14.4 Å². The molecule has 0 aliphatic heterocycles. The summed E-state index contributed by atoms with van der Waals surface area (Å²) >= 11 is 0. The number of amides is 2. The second kappa shape index (κ2) is 5.59. The summed E-state index contributed by atoms with van der Waals surface area (Å²) in [6, 6.07) is -0.512. The second-order valence-corrected chi connectivity index (χ2v) is 6.15. The maximum Gasteiger partial charge on any atom is 0.316 e. The largest absolute Gasteiger partial charge is 0.481 e. The van der Waals surface area contributed by atoms with Crippen LogP contribution in [0.4, 0.5) is 0 Å². The molecule has 0 aromatic rings. The third-order valence-electron chi connectivity index (χ3n) is 3.05. The lowest BCUT2D eigenvalue weighted by Gasteiger charge is -2.27. The molecule has 1 saturated carbocycles. The molecule has 0 saturated heterocycles. The number of carboxylic acids is 1. The van der Waals surface area contributed by atoms with Crippen molar-refractivity contribution >= 4 is 17.8 Å². The van der Waals surface area contributed by atoms with E-state index in [0.717, 1.165) is 12.8 Å². The van der Waals surface area contributed by atoms with Gasteiger partial charge in [0.15, 0.2) is 0 Å². The molecule has 2 unspecified atom stereocenters. The maximum absolute atomic E-state index is 12.0. The molecule has 0 heterocycles. The van der Waals surface area contributed by atoms with Gasteiger partial charge in [0.05, 0.1) is 0 Å². The van der Waals surface area contributed by atoms with Gasteiger partial charge in [-0.2, -0.15) is 0 Å². The van der Waals surface area contributed by atoms with E-state index in [2.05, 4.69) is 10.6 Å². The van der Waals surface area contributed by atoms with Crippen molar-refractivity contribution in [3.63, 3.8) is 0 Å². The van der Waals surface area contributed by atoms with Gasteiger partial charge < -0.3 is 15.7 Å². The van der Waals surface area contributed by atoms with Crippen molar-refractivity contribution in [3.8, 4) is 0 Å². The zero-order valence-corrected chi connectivity index (χ0v) is 11.8. The number of hydrogen-bond acceptors (Lipinski definition) is 3. The minimum atomic E-state index is -1.18. The van der Waals surface area contributed by atoms with E-state index >= 15 is 0 Å². The SMILES string of the molecule is CC(NC(=O)C(C(=O)O)C(C)(C)C)C(=O)NC1CC1. The number of aliphatic carboxylic acids is 1. The first-order valence-electron chi connectivity index (χ1n) is 6.46. The van der Waals surface area contributed by atoms with E-state index in [4.69, 9.17) is 5.11 Å². The Morgan fingerprint density at radius 3 is 2.05 bits per heavy atom. The van der Waals surface area contributed by atoms with Gasteiger partial charge in [-0.3, -0.25) is 14.4 Å². The fraction of sp³-hybridized carbons (Fsp3) is 0.769. The Morgan fingerprint density at radius 2 is 1.68 bits per heavy atom. The minimum absolute atomic E-state index is 0.213. The van der Waals surface area contributed by atoms with Gasteiger partial charge in [-0.05, 0) is 25.2 Å². The van der Waals surface area contributed by atoms with Crippen LogP contribution < -0.4 is 10.6 Å². The molecular weight excluding hydrogens is 248 g/mol. The van der Waals surface area contributed by atoms with Crippen LogP contribution >= 0.6 is 0 Å². The van der Waals surface area contributed by atoms with E-state index in [1.165, 1.54) is 0 Å².